The van der Waals surface area contributed by atoms with Gasteiger partial charge in [-0.05, 0) is 47.4 Å². The number of carbonyl (C=O) groups is 2. The summed E-state index contributed by atoms with van der Waals surface area (Å²) in [5.41, 5.74) is 3.85. The van der Waals surface area contributed by atoms with Crippen LogP contribution in [0.3, 0.4) is 0 Å². The van der Waals surface area contributed by atoms with Gasteiger partial charge < -0.3 is 24.4 Å². The Morgan fingerprint density at radius 3 is 2.44 bits per heavy atom. The maximum atomic E-state index is 13.9. The van der Waals surface area contributed by atoms with Crippen molar-refractivity contribution in [2.45, 2.75) is 18.4 Å². The van der Waals surface area contributed by atoms with Crippen molar-refractivity contribution in [1.29, 1.82) is 0 Å². The number of fused-ring (bicyclic) bond motifs is 4. The topological polar surface area (TPSA) is 77.1 Å². The first-order valence-corrected chi connectivity index (χ1v) is 11.1. The Kier molecular flexibility index (Phi) is 5.61. The van der Waals surface area contributed by atoms with Gasteiger partial charge in [0.1, 0.15) is 5.75 Å². The lowest BCUT2D eigenvalue weighted by atomic mass is 9.75. The van der Waals surface area contributed by atoms with E-state index in [0.717, 1.165) is 17.5 Å². The molecule has 1 N–H and O–H groups in total. The summed E-state index contributed by atoms with van der Waals surface area (Å²) >= 11 is 0. The minimum Gasteiger partial charge on any atom is -0.497 e. The molecular formula is C27H26N2O5. The Bertz CT molecular complexity index is 1270. The molecule has 0 aliphatic carbocycles. The number of nitrogens with one attached hydrogen (secondary N) is 1. The largest absolute Gasteiger partial charge is 0.497 e. The Morgan fingerprint density at radius 2 is 1.68 bits per heavy atom. The summed E-state index contributed by atoms with van der Waals surface area (Å²) in [7, 11) is 4.66. The number of ether oxygens (including phenoxy) is 3. The second-order valence-corrected chi connectivity index (χ2v) is 8.39. The fraction of sp³-hybridized carbons (Fsp3) is 0.259. The number of hydrogen-bond acceptors (Lipinski definition) is 5. The molecule has 0 unspecified atom stereocenters. The second kappa shape index (κ2) is 8.74. The van der Waals surface area contributed by atoms with Crippen molar-refractivity contribution in [3.05, 3.63) is 82.9 Å². The Balaban J connectivity index is 1.66. The van der Waals surface area contributed by atoms with Crippen LogP contribution in [-0.2, 0) is 11.2 Å². The van der Waals surface area contributed by atoms with Crippen molar-refractivity contribution in [3.63, 3.8) is 0 Å². The Hall–Kier alpha value is -4.00. The average molecular weight is 459 g/mol. The molecule has 7 heteroatoms. The van der Waals surface area contributed by atoms with Crippen LogP contribution in [0, 0.1) is 0 Å². The van der Waals surface area contributed by atoms with E-state index in [-0.39, 0.29) is 11.8 Å². The molecule has 7 nitrogen and oxygen atoms in total. The summed E-state index contributed by atoms with van der Waals surface area (Å²) in [4.78, 5) is 29.3. The molecule has 3 aromatic carbocycles. The van der Waals surface area contributed by atoms with Crippen LogP contribution in [0.4, 0.5) is 5.69 Å². The summed E-state index contributed by atoms with van der Waals surface area (Å²) in [5, 5.41) is 3.04. The fourth-order valence-electron chi connectivity index (χ4n) is 5.05. The normalized spacial score (nSPS) is 18.3. The lowest BCUT2D eigenvalue weighted by Crippen LogP contribution is -2.49. The molecule has 5 rings (SSSR count). The zero-order valence-corrected chi connectivity index (χ0v) is 19.3. The van der Waals surface area contributed by atoms with Crippen LogP contribution >= 0.6 is 0 Å². The van der Waals surface area contributed by atoms with Crippen LogP contribution < -0.4 is 19.5 Å². The summed E-state index contributed by atoms with van der Waals surface area (Å²) in [5.74, 6) is 0.623. The highest BCUT2D eigenvalue weighted by Crippen LogP contribution is 2.48. The zero-order valence-electron chi connectivity index (χ0n) is 19.3. The second-order valence-electron chi connectivity index (χ2n) is 8.39. The summed E-state index contributed by atoms with van der Waals surface area (Å²) < 4.78 is 16.3. The average Bonchev–Trinajstić information content (AvgIpc) is 2.88. The van der Waals surface area contributed by atoms with E-state index in [2.05, 4.69) is 11.4 Å². The van der Waals surface area contributed by atoms with E-state index in [4.69, 9.17) is 14.2 Å². The Morgan fingerprint density at radius 1 is 0.912 bits per heavy atom. The van der Waals surface area contributed by atoms with Crippen molar-refractivity contribution in [3.8, 4) is 17.2 Å². The predicted molar refractivity (Wildman–Crippen MR) is 128 cm³/mol. The van der Waals surface area contributed by atoms with Gasteiger partial charge in [-0.25, -0.2) is 0 Å². The van der Waals surface area contributed by atoms with Gasteiger partial charge in [-0.1, -0.05) is 30.3 Å². The third-order valence-corrected chi connectivity index (χ3v) is 6.65. The number of nitrogens with zero attached hydrogens (tertiary/aromatic N) is 1. The van der Waals surface area contributed by atoms with E-state index in [1.54, 1.807) is 32.4 Å². The zero-order chi connectivity index (χ0) is 23.8. The highest BCUT2D eigenvalue weighted by molar-refractivity contribution is 6.05. The van der Waals surface area contributed by atoms with Gasteiger partial charge in [-0.2, -0.15) is 0 Å². The quantitative estimate of drug-likeness (QED) is 0.621. The van der Waals surface area contributed by atoms with Crippen molar-refractivity contribution in [1.82, 2.24) is 4.90 Å². The number of amides is 2. The van der Waals surface area contributed by atoms with Crippen LogP contribution in [0.1, 0.15) is 39.0 Å². The van der Waals surface area contributed by atoms with Gasteiger partial charge in [-0.15, -0.1) is 0 Å². The highest BCUT2D eigenvalue weighted by atomic mass is 16.5. The lowest BCUT2D eigenvalue weighted by Gasteiger charge is -2.45. The first kappa shape index (κ1) is 21.8. The van der Waals surface area contributed by atoms with Gasteiger partial charge in [0.15, 0.2) is 11.5 Å². The molecule has 0 spiro atoms. The number of hydrogen-bond donors (Lipinski definition) is 1. The molecule has 2 amide bonds. The van der Waals surface area contributed by atoms with Crippen LogP contribution in [0.25, 0.3) is 0 Å². The SMILES string of the molecule is COc1cccc(NC(=O)[C@@H]2c3cc(OC)c(OC)cc3C(=O)N3CCc4ccccc4[C@H]23)c1. The molecule has 0 saturated heterocycles. The standard InChI is InChI=1S/C27H26N2O5/c1-32-18-9-6-8-17(13-18)28-26(30)24-20-14-22(33-2)23(34-3)15-21(20)27(31)29-12-11-16-7-4-5-10-19(16)25(24)29/h4-10,13-15,24-25H,11-12H2,1-3H3,(H,28,30)/t24-,25-/m1/s1. The van der Waals surface area contributed by atoms with Gasteiger partial charge in [0.2, 0.25) is 5.91 Å². The maximum Gasteiger partial charge on any atom is 0.254 e. The molecule has 2 atom stereocenters. The molecule has 0 saturated carbocycles. The molecule has 2 heterocycles. The van der Waals surface area contributed by atoms with Gasteiger partial charge in [0, 0.05) is 23.9 Å². The van der Waals surface area contributed by atoms with Crippen molar-refractivity contribution in [2.75, 3.05) is 33.2 Å². The molecule has 0 fully saturated rings. The molecule has 34 heavy (non-hydrogen) atoms. The van der Waals surface area contributed by atoms with E-state index in [1.165, 1.54) is 7.11 Å². The van der Waals surface area contributed by atoms with Crippen LogP contribution in [-0.4, -0.2) is 44.6 Å². The summed E-state index contributed by atoms with van der Waals surface area (Å²) in [6.07, 6.45) is 0.741. The lowest BCUT2D eigenvalue weighted by molar-refractivity contribution is -0.119. The number of anilines is 1. The Labute approximate surface area is 198 Å². The molecule has 2 aliphatic heterocycles. The minimum atomic E-state index is -0.639. The van der Waals surface area contributed by atoms with Crippen LogP contribution in [0.2, 0.25) is 0 Å². The molecule has 3 aromatic rings. The van der Waals surface area contributed by atoms with E-state index in [9.17, 15) is 9.59 Å². The first-order valence-electron chi connectivity index (χ1n) is 11.1. The van der Waals surface area contributed by atoms with Gasteiger partial charge in [-0.3, -0.25) is 9.59 Å². The van der Waals surface area contributed by atoms with Crippen molar-refractivity contribution >= 4 is 17.5 Å². The van der Waals surface area contributed by atoms with Crippen molar-refractivity contribution < 1.29 is 23.8 Å². The molecule has 0 radical (unpaired) electrons. The molecule has 2 aliphatic rings. The number of rotatable bonds is 5. The van der Waals surface area contributed by atoms with E-state index >= 15 is 0 Å². The molecule has 0 bridgehead atoms. The van der Waals surface area contributed by atoms with Crippen molar-refractivity contribution in [2.24, 2.45) is 0 Å². The van der Waals surface area contributed by atoms with Crippen LogP contribution in [0.15, 0.2) is 60.7 Å². The minimum absolute atomic E-state index is 0.110. The molecular weight excluding hydrogens is 432 g/mol. The van der Waals surface area contributed by atoms with E-state index in [0.29, 0.717) is 40.6 Å². The van der Waals surface area contributed by atoms with E-state index < -0.39 is 12.0 Å². The first-order chi connectivity index (χ1) is 16.5. The van der Waals surface area contributed by atoms with Crippen LogP contribution in [0.5, 0.6) is 17.2 Å². The maximum absolute atomic E-state index is 13.9. The number of carbonyl (C=O) groups excluding carboxylic acids is 2. The van der Waals surface area contributed by atoms with Gasteiger partial charge in [0.05, 0.1) is 33.3 Å². The van der Waals surface area contributed by atoms with Gasteiger partial charge in [0.25, 0.3) is 5.91 Å². The van der Waals surface area contributed by atoms with E-state index in [1.807, 2.05) is 41.3 Å². The molecule has 174 valence electrons. The monoisotopic (exact) mass is 458 g/mol. The highest BCUT2D eigenvalue weighted by Gasteiger charge is 2.47. The smallest absolute Gasteiger partial charge is 0.254 e. The third-order valence-electron chi connectivity index (χ3n) is 6.65. The number of benzene rings is 3. The third kappa shape index (κ3) is 3.53. The fourth-order valence-corrected chi connectivity index (χ4v) is 5.05. The predicted octanol–water partition coefficient (Wildman–Crippen LogP) is 4.19. The number of methoxy groups -OCH3 is 3. The summed E-state index contributed by atoms with van der Waals surface area (Å²) in [6.45, 7) is 0.539. The molecule has 0 aromatic heterocycles. The summed E-state index contributed by atoms with van der Waals surface area (Å²) in [6, 6.07) is 18.3. The van der Waals surface area contributed by atoms with Gasteiger partial charge >= 0.3 is 0 Å².